The number of hydrogen-bond acceptors (Lipinski definition) is 5. The van der Waals surface area contributed by atoms with Crippen molar-refractivity contribution >= 4 is 22.5 Å². The van der Waals surface area contributed by atoms with E-state index in [0.29, 0.717) is 19.2 Å². The Bertz CT molecular complexity index is 1160. The zero-order valence-electron chi connectivity index (χ0n) is 15.3. The third kappa shape index (κ3) is 2.80. The minimum Gasteiger partial charge on any atom is -0.371 e. The van der Waals surface area contributed by atoms with E-state index >= 15 is 0 Å². The lowest BCUT2D eigenvalue weighted by Gasteiger charge is -2.27. The van der Waals surface area contributed by atoms with Gasteiger partial charge in [0.2, 0.25) is 5.95 Å². The van der Waals surface area contributed by atoms with Crippen molar-refractivity contribution < 1.29 is 9.13 Å². The van der Waals surface area contributed by atoms with Gasteiger partial charge >= 0.3 is 0 Å². The summed E-state index contributed by atoms with van der Waals surface area (Å²) >= 11 is 0. The fourth-order valence-corrected chi connectivity index (χ4v) is 3.64. The molecule has 1 aliphatic heterocycles. The lowest BCUT2D eigenvalue weighted by molar-refractivity contribution is 0.0670. The van der Waals surface area contributed by atoms with Crippen LogP contribution in [0.2, 0.25) is 0 Å². The molecule has 0 spiro atoms. The minimum atomic E-state index is -0.262. The first-order valence-corrected chi connectivity index (χ1v) is 9.09. The van der Waals surface area contributed by atoms with Crippen LogP contribution in [-0.2, 0) is 11.3 Å². The van der Waals surface area contributed by atoms with E-state index < -0.39 is 0 Å². The first-order chi connectivity index (χ1) is 13.7. The summed E-state index contributed by atoms with van der Waals surface area (Å²) in [5.41, 5.74) is 3.89. The van der Waals surface area contributed by atoms with Gasteiger partial charge in [0.15, 0.2) is 5.82 Å². The van der Waals surface area contributed by atoms with Gasteiger partial charge in [-0.15, -0.1) is 10.2 Å². The number of benzene rings is 2. The number of ether oxygens (including phenoxy) is 1. The quantitative estimate of drug-likeness (QED) is 0.583. The highest BCUT2D eigenvalue weighted by atomic mass is 19.1. The Kier molecular flexibility index (Phi) is 4.02. The molecule has 0 amide bonds. The second-order valence-corrected chi connectivity index (χ2v) is 6.84. The summed E-state index contributed by atoms with van der Waals surface area (Å²) in [6, 6.07) is 14.3. The zero-order valence-corrected chi connectivity index (χ0v) is 15.3. The van der Waals surface area contributed by atoms with Gasteiger partial charge in [0.1, 0.15) is 12.4 Å². The van der Waals surface area contributed by atoms with Crippen molar-refractivity contribution in [1.29, 1.82) is 0 Å². The lowest BCUT2D eigenvalue weighted by Crippen LogP contribution is -2.25. The number of nitrogens with zero attached hydrogens (tertiary/aromatic N) is 4. The highest BCUT2D eigenvalue weighted by molar-refractivity contribution is 5.94. The molecule has 4 aromatic rings. The number of nitrogens with one attached hydrogen (secondary N) is 1. The van der Waals surface area contributed by atoms with E-state index in [1.807, 2.05) is 35.8 Å². The van der Waals surface area contributed by atoms with Crippen molar-refractivity contribution in [2.45, 2.75) is 19.6 Å². The number of aryl methyl sites for hydroxylation is 1. The maximum absolute atomic E-state index is 13.4. The molecule has 3 heterocycles. The molecular weight excluding hydrogens is 357 g/mol. The Balaban J connectivity index is 1.60. The Morgan fingerprint density at radius 3 is 2.82 bits per heavy atom. The molecule has 0 fully saturated rings. The summed E-state index contributed by atoms with van der Waals surface area (Å²) in [7, 11) is 0. The van der Waals surface area contributed by atoms with Crippen LogP contribution >= 0.6 is 0 Å². The summed E-state index contributed by atoms with van der Waals surface area (Å²) < 4.78 is 21.1. The molecular formula is C21H18FN5O. The van der Waals surface area contributed by atoms with Gasteiger partial charge in [-0.1, -0.05) is 18.2 Å². The van der Waals surface area contributed by atoms with E-state index in [1.54, 1.807) is 18.3 Å². The Hall–Kier alpha value is -3.32. The summed E-state index contributed by atoms with van der Waals surface area (Å²) in [5.74, 6) is 1.10. The first kappa shape index (κ1) is 16.8. The molecule has 0 saturated heterocycles. The van der Waals surface area contributed by atoms with Gasteiger partial charge < -0.3 is 10.1 Å². The minimum absolute atomic E-state index is 0.129. The number of rotatable bonds is 3. The van der Waals surface area contributed by atoms with E-state index in [0.717, 1.165) is 33.5 Å². The Morgan fingerprint density at radius 1 is 1.11 bits per heavy atom. The standard InChI is InChI=1S/C21H18FN5O/c1-13-4-9-17-16(3-2-10-23-17)20(13)24-21-26-25-19-12-28-11-18(27(19)21)14-5-7-15(22)8-6-14/h2-10,18H,11-12H2,1H3,(H,24,26). The van der Waals surface area contributed by atoms with Gasteiger partial charge in [-0.05, 0) is 48.4 Å². The molecule has 0 radical (unpaired) electrons. The van der Waals surface area contributed by atoms with Crippen LogP contribution in [0, 0.1) is 12.7 Å². The smallest absolute Gasteiger partial charge is 0.229 e. The predicted octanol–water partition coefficient (Wildman–Crippen LogP) is 4.14. The largest absolute Gasteiger partial charge is 0.371 e. The molecule has 2 aromatic heterocycles. The van der Waals surface area contributed by atoms with E-state index in [2.05, 4.69) is 20.5 Å². The molecule has 28 heavy (non-hydrogen) atoms. The number of anilines is 2. The number of halogens is 1. The second kappa shape index (κ2) is 6.69. The summed E-state index contributed by atoms with van der Waals surface area (Å²) in [6.45, 7) is 2.91. The predicted molar refractivity (Wildman–Crippen MR) is 104 cm³/mol. The third-order valence-electron chi connectivity index (χ3n) is 5.07. The van der Waals surface area contributed by atoms with Crippen LogP contribution in [0.25, 0.3) is 10.9 Å². The van der Waals surface area contributed by atoms with Crippen LogP contribution < -0.4 is 5.32 Å². The van der Waals surface area contributed by atoms with Crippen LogP contribution in [-0.4, -0.2) is 26.4 Å². The van der Waals surface area contributed by atoms with E-state index in [9.17, 15) is 4.39 Å². The van der Waals surface area contributed by atoms with Gasteiger partial charge in [-0.25, -0.2) is 4.39 Å². The molecule has 0 saturated carbocycles. The molecule has 7 heteroatoms. The fourth-order valence-electron chi connectivity index (χ4n) is 3.64. The average Bonchev–Trinajstić information content (AvgIpc) is 3.14. The van der Waals surface area contributed by atoms with Crippen molar-refractivity contribution in [3.05, 3.63) is 77.5 Å². The Labute approximate surface area is 161 Å². The molecule has 0 aliphatic carbocycles. The zero-order chi connectivity index (χ0) is 19.1. The molecule has 1 unspecified atom stereocenters. The highest BCUT2D eigenvalue weighted by Crippen LogP contribution is 2.33. The molecule has 1 N–H and O–H groups in total. The lowest BCUT2D eigenvalue weighted by atomic mass is 10.1. The van der Waals surface area contributed by atoms with Crippen LogP contribution in [0.15, 0.2) is 54.7 Å². The van der Waals surface area contributed by atoms with Crippen LogP contribution in [0.3, 0.4) is 0 Å². The average molecular weight is 375 g/mol. The fraction of sp³-hybridized carbons (Fsp3) is 0.190. The maximum Gasteiger partial charge on any atom is 0.229 e. The second-order valence-electron chi connectivity index (χ2n) is 6.84. The summed E-state index contributed by atoms with van der Waals surface area (Å²) in [5, 5.41) is 13.1. The van der Waals surface area contributed by atoms with E-state index in [1.165, 1.54) is 12.1 Å². The van der Waals surface area contributed by atoms with Crippen LogP contribution in [0.1, 0.15) is 23.0 Å². The molecule has 5 rings (SSSR count). The highest BCUT2D eigenvalue weighted by Gasteiger charge is 2.27. The van der Waals surface area contributed by atoms with Crippen molar-refractivity contribution in [2.24, 2.45) is 0 Å². The van der Waals surface area contributed by atoms with Crippen molar-refractivity contribution in [2.75, 3.05) is 11.9 Å². The molecule has 0 bridgehead atoms. The topological polar surface area (TPSA) is 64.9 Å². The number of aromatic nitrogens is 4. The van der Waals surface area contributed by atoms with Gasteiger partial charge in [0, 0.05) is 11.6 Å². The maximum atomic E-state index is 13.4. The van der Waals surface area contributed by atoms with Crippen molar-refractivity contribution in [1.82, 2.24) is 19.7 Å². The van der Waals surface area contributed by atoms with E-state index in [-0.39, 0.29) is 11.9 Å². The van der Waals surface area contributed by atoms with E-state index in [4.69, 9.17) is 4.74 Å². The number of fused-ring (bicyclic) bond motifs is 2. The number of pyridine rings is 1. The molecule has 1 aliphatic rings. The van der Waals surface area contributed by atoms with Gasteiger partial charge in [0.05, 0.1) is 23.9 Å². The normalized spacial score (nSPS) is 16.1. The van der Waals surface area contributed by atoms with Crippen molar-refractivity contribution in [3.8, 4) is 0 Å². The molecule has 2 aromatic carbocycles. The third-order valence-corrected chi connectivity index (χ3v) is 5.07. The Morgan fingerprint density at radius 2 is 1.96 bits per heavy atom. The first-order valence-electron chi connectivity index (χ1n) is 9.09. The number of hydrogen-bond donors (Lipinski definition) is 1. The summed E-state index contributed by atoms with van der Waals surface area (Å²) in [4.78, 5) is 4.43. The van der Waals surface area contributed by atoms with Gasteiger partial charge in [-0.3, -0.25) is 9.55 Å². The molecule has 140 valence electrons. The van der Waals surface area contributed by atoms with Gasteiger partial charge in [-0.2, -0.15) is 0 Å². The van der Waals surface area contributed by atoms with Crippen LogP contribution in [0.5, 0.6) is 0 Å². The van der Waals surface area contributed by atoms with Crippen molar-refractivity contribution in [3.63, 3.8) is 0 Å². The molecule has 6 nitrogen and oxygen atoms in total. The SMILES string of the molecule is Cc1ccc2ncccc2c1Nc1nnc2n1C(c1ccc(F)cc1)COC2. The van der Waals surface area contributed by atoms with Crippen LogP contribution in [0.4, 0.5) is 16.0 Å². The molecule has 1 atom stereocenters. The van der Waals surface area contributed by atoms with Gasteiger partial charge in [0.25, 0.3) is 0 Å². The monoisotopic (exact) mass is 375 g/mol. The summed E-state index contributed by atoms with van der Waals surface area (Å²) in [6.07, 6.45) is 1.78.